The summed E-state index contributed by atoms with van der Waals surface area (Å²) in [6.45, 7) is 0.261. The summed E-state index contributed by atoms with van der Waals surface area (Å²) in [4.78, 5) is 10.9. The second-order valence-corrected chi connectivity index (χ2v) is 6.50. The number of nitrogens with zero attached hydrogens (tertiary/aromatic N) is 3. The smallest absolute Gasteiger partial charge is 0.387 e. The van der Waals surface area contributed by atoms with Gasteiger partial charge in [0.2, 0.25) is 0 Å². The van der Waals surface area contributed by atoms with Crippen LogP contribution in [-0.2, 0) is 13.1 Å². The molecule has 1 heterocycles. The van der Waals surface area contributed by atoms with Gasteiger partial charge in [0, 0.05) is 31.2 Å². The number of anilines is 1. The third kappa shape index (κ3) is 8.57. The van der Waals surface area contributed by atoms with Gasteiger partial charge in [-0.2, -0.15) is 8.78 Å². The van der Waals surface area contributed by atoms with E-state index in [9.17, 15) is 8.78 Å². The van der Waals surface area contributed by atoms with Crippen LogP contribution in [0.25, 0.3) is 0 Å². The van der Waals surface area contributed by atoms with Gasteiger partial charge in [-0.25, -0.2) is 9.98 Å². The van der Waals surface area contributed by atoms with Gasteiger partial charge in [-0.05, 0) is 37.3 Å². The summed E-state index contributed by atoms with van der Waals surface area (Å²) in [7, 11) is 3.85. The lowest BCUT2D eigenvalue weighted by Gasteiger charge is -2.15. The Hall–Kier alpha value is -1.88. The first-order valence-corrected chi connectivity index (χ1v) is 9.15. The first kappa shape index (κ1) is 25.2. The normalized spacial score (nSPS) is 11.1. The van der Waals surface area contributed by atoms with Crippen LogP contribution in [0, 0.1) is 0 Å². The molecule has 0 radical (unpaired) electrons. The number of rotatable bonds is 8. The van der Waals surface area contributed by atoms with Crippen LogP contribution >= 0.6 is 35.6 Å². The topological polar surface area (TPSA) is 61.8 Å². The third-order valence-electron chi connectivity index (χ3n) is 3.68. The molecule has 29 heavy (non-hydrogen) atoms. The maximum Gasteiger partial charge on any atom is 0.387 e. The number of hydrogen-bond donors (Lipinski definition) is 2. The molecule has 0 saturated heterocycles. The highest BCUT2D eigenvalue weighted by Crippen LogP contribution is 2.25. The predicted octanol–water partition coefficient (Wildman–Crippen LogP) is 4.28. The van der Waals surface area contributed by atoms with Crippen LogP contribution in [0.5, 0.6) is 5.75 Å². The van der Waals surface area contributed by atoms with Crippen LogP contribution in [-0.4, -0.2) is 38.2 Å². The first-order valence-electron chi connectivity index (χ1n) is 8.77. The molecule has 2 rings (SSSR count). The van der Waals surface area contributed by atoms with Crippen molar-refractivity contribution in [1.82, 2.24) is 15.6 Å². The van der Waals surface area contributed by atoms with E-state index in [1.54, 1.807) is 6.07 Å². The number of aliphatic imine (C=N–C) groups is 1. The maximum absolute atomic E-state index is 12.6. The average Bonchev–Trinajstić information content (AvgIpc) is 2.65. The molecular formula is C19H25ClF2IN5O. The van der Waals surface area contributed by atoms with Crippen molar-refractivity contribution in [3.8, 4) is 5.75 Å². The molecule has 0 bridgehead atoms. The average molecular weight is 540 g/mol. The van der Waals surface area contributed by atoms with Crippen LogP contribution in [0.4, 0.5) is 14.6 Å². The van der Waals surface area contributed by atoms with E-state index in [4.69, 9.17) is 11.6 Å². The van der Waals surface area contributed by atoms with Gasteiger partial charge in [-0.15, -0.1) is 24.0 Å². The van der Waals surface area contributed by atoms with Crippen molar-refractivity contribution in [2.75, 3.05) is 25.5 Å². The van der Waals surface area contributed by atoms with E-state index in [-0.39, 0.29) is 36.3 Å². The number of guanidine groups is 1. The van der Waals surface area contributed by atoms with Crippen molar-refractivity contribution in [2.45, 2.75) is 26.6 Å². The lowest BCUT2D eigenvalue weighted by atomic mass is 10.2. The van der Waals surface area contributed by atoms with Crippen LogP contribution in [0.2, 0.25) is 5.02 Å². The fourth-order valence-corrected chi connectivity index (χ4v) is 2.57. The van der Waals surface area contributed by atoms with E-state index < -0.39 is 6.61 Å². The largest absolute Gasteiger partial charge is 0.434 e. The number of hydrogen-bond acceptors (Lipinski definition) is 4. The van der Waals surface area contributed by atoms with Crippen molar-refractivity contribution < 1.29 is 13.5 Å². The van der Waals surface area contributed by atoms with Gasteiger partial charge in [0.1, 0.15) is 11.6 Å². The van der Waals surface area contributed by atoms with Crippen molar-refractivity contribution in [2.24, 2.45) is 4.99 Å². The molecule has 160 valence electrons. The number of nitrogens with one attached hydrogen (secondary N) is 2. The Morgan fingerprint density at radius 3 is 2.66 bits per heavy atom. The summed E-state index contributed by atoms with van der Waals surface area (Å²) in [5, 5.41) is 6.72. The van der Waals surface area contributed by atoms with E-state index in [1.807, 2.05) is 44.1 Å². The van der Waals surface area contributed by atoms with Gasteiger partial charge in [-0.3, -0.25) is 0 Å². The summed E-state index contributed by atoms with van der Waals surface area (Å²) in [5.41, 5.74) is 1.32. The number of halogens is 4. The Morgan fingerprint density at radius 1 is 1.24 bits per heavy atom. The van der Waals surface area contributed by atoms with Crippen molar-refractivity contribution >= 4 is 47.4 Å². The molecule has 0 aliphatic rings. The Kier molecular flexibility index (Phi) is 11.0. The van der Waals surface area contributed by atoms with Crippen LogP contribution < -0.4 is 20.3 Å². The molecule has 0 aliphatic heterocycles. The van der Waals surface area contributed by atoms with Crippen LogP contribution in [0.15, 0.2) is 41.4 Å². The van der Waals surface area contributed by atoms with E-state index in [0.29, 0.717) is 29.6 Å². The van der Waals surface area contributed by atoms with Gasteiger partial charge in [0.25, 0.3) is 0 Å². The monoisotopic (exact) mass is 539 g/mol. The zero-order chi connectivity index (χ0) is 20.5. The molecule has 0 amide bonds. The molecule has 1 aromatic heterocycles. The molecule has 0 unspecified atom stereocenters. The van der Waals surface area contributed by atoms with E-state index in [2.05, 4.69) is 25.3 Å². The lowest BCUT2D eigenvalue weighted by Crippen LogP contribution is -2.37. The summed E-state index contributed by atoms with van der Waals surface area (Å²) in [6.07, 6.45) is 0. The van der Waals surface area contributed by atoms with Crippen LogP contribution in [0.3, 0.4) is 0 Å². The summed E-state index contributed by atoms with van der Waals surface area (Å²) < 4.78 is 29.7. The molecule has 0 saturated carbocycles. The first-order chi connectivity index (χ1) is 13.4. The highest BCUT2D eigenvalue weighted by molar-refractivity contribution is 14.0. The highest BCUT2D eigenvalue weighted by Gasteiger charge is 2.10. The van der Waals surface area contributed by atoms with Gasteiger partial charge >= 0.3 is 6.61 Å². The van der Waals surface area contributed by atoms with Crippen molar-refractivity contribution in [3.63, 3.8) is 0 Å². The fourth-order valence-electron chi connectivity index (χ4n) is 2.38. The molecule has 2 aromatic rings. The molecule has 0 atom stereocenters. The number of benzene rings is 1. The molecule has 0 spiro atoms. The highest BCUT2D eigenvalue weighted by atomic mass is 127. The minimum absolute atomic E-state index is 0. The number of ether oxygens (including phenoxy) is 1. The summed E-state index contributed by atoms with van der Waals surface area (Å²) in [5.74, 6) is 1.44. The minimum atomic E-state index is -2.91. The SMILES string of the molecule is CCNC(=NCc1cc(Cl)ccc1OC(F)F)NCc1cccc(N(C)C)n1.I. The zero-order valence-electron chi connectivity index (χ0n) is 16.5. The van der Waals surface area contributed by atoms with E-state index >= 15 is 0 Å². The molecule has 10 heteroatoms. The van der Waals surface area contributed by atoms with Gasteiger partial charge < -0.3 is 20.3 Å². The maximum atomic E-state index is 12.6. The van der Waals surface area contributed by atoms with E-state index in [0.717, 1.165) is 11.5 Å². The van der Waals surface area contributed by atoms with Gasteiger partial charge in [-0.1, -0.05) is 17.7 Å². The summed E-state index contributed by atoms with van der Waals surface area (Å²) >= 11 is 5.98. The number of pyridine rings is 1. The molecule has 2 N–H and O–H groups in total. The van der Waals surface area contributed by atoms with Crippen LogP contribution in [0.1, 0.15) is 18.2 Å². The minimum Gasteiger partial charge on any atom is -0.434 e. The Morgan fingerprint density at radius 2 is 2.00 bits per heavy atom. The molecule has 0 aliphatic carbocycles. The van der Waals surface area contributed by atoms with Gasteiger partial charge in [0.05, 0.1) is 18.8 Å². The lowest BCUT2D eigenvalue weighted by molar-refractivity contribution is -0.0504. The molecular weight excluding hydrogens is 515 g/mol. The molecule has 6 nitrogen and oxygen atoms in total. The fraction of sp³-hybridized carbons (Fsp3) is 0.368. The van der Waals surface area contributed by atoms with E-state index in [1.165, 1.54) is 12.1 Å². The molecule has 0 fully saturated rings. The third-order valence-corrected chi connectivity index (χ3v) is 3.91. The van der Waals surface area contributed by atoms with Gasteiger partial charge in [0.15, 0.2) is 5.96 Å². The number of aromatic nitrogens is 1. The predicted molar refractivity (Wildman–Crippen MR) is 124 cm³/mol. The number of alkyl halides is 2. The summed E-state index contributed by atoms with van der Waals surface area (Å²) in [6, 6.07) is 10.2. The Bertz CT molecular complexity index is 808. The zero-order valence-corrected chi connectivity index (χ0v) is 19.5. The Labute approximate surface area is 191 Å². The standard InChI is InChI=1S/C19H24ClF2N5O.HI/c1-4-23-19(25-12-15-6-5-7-17(26-15)27(2)3)24-11-13-10-14(20)8-9-16(13)28-18(21)22;/h5-10,18H,4,11-12H2,1-3H3,(H2,23,24,25);1H. The molecule has 1 aromatic carbocycles. The van der Waals surface area contributed by atoms with Crippen molar-refractivity contribution in [1.29, 1.82) is 0 Å². The van der Waals surface area contributed by atoms with Crippen molar-refractivity contribution in [3.05, 3.63) is 52.7 Å². The Balaban J connectivity index is 0.00000420. The second kappa shape index (κ2) is 12.6. The second-order valence-electron chi connectivity index (χ2n) is 6.06. The quantitative estimate of drug-likeness (QED) is 0.298.